The third kappa shape index (κ3) is 7.95. The van der Waals surface area contributed by atoms with Crippen LogP contribution in [-0.4, -0.2) is 15.1 Å². The van der Waals surface area contributed by atoms with E-state index >= 15 is 0 Å². The third-order valence-electron chi connectivity index (χ3n) is 4.47. The average molecular weight is 441 g/mol. The molecule has 3 aromatic rings. The van der Waals surface area contributed by atoms with Crippen LogP contribution < -0.4 is 9.42 Å². The van der Waals surface area contributed by atoms with Crippen LogP contribution in [0.3, 0.4) is 0 Å². The summed E-state index contributed by atoms with van der Waals surface area (Å²) < 4.78 is 14.3. The first kappa shape index (κ1) is 24.2. The van der Waals surface area contributed by atoms with Gasteiger partial charge in [0.15, 0.2) is 0 Å². The van der Waals surface area contributed by atoms with E-state index in [9.17, 15) is 19.7 Å². The van der Waals surface area contributed by atoms with Crippen LogP contribution >= 0.6 is 7.82 Å². The maximum atomic E-state index is 10.2. The predicted octanol–water partition coefficient (Wildman–Crippen LogP) is 5.35. The number of aromatic hydroxyl groups is 2. The first-order valence-electron chi connectivity index (χ1n) is 9.82. The van der Waals surface area contributed by atoms with Crippen molar-refractivity contribution in [2.75, 3.05) is 0 Å². The largest absolute Gasteiger partial charge is 0.746 e. The lowest BCUT2D eigenvalue weighted by atomic mass is 9.91. The van der Waals surface area contributed by atoms with E-state index in [1.165, 1.54) is 23.3 Å². The van der Waals surface area contributed by atoms with Gasteiger partial charge in [-0.2, -0.15) is 0 Å². The van der Waals surface area contributed by atoms with E-state index < -0.39 is 7.82 Å². The highest BCUT2D eigenvalue weighted by atomic mass is 31.2. The van der Waals surface area contributed by atoms with Crippen molar-refractivity contribution < 1.29 is 29.1 Å². The monoisotopic (exact) mass is 441 g/mol. The standard InChI is InChI=1S/C18H20O2.C6H7O4P/c1-3-17(13-5-9-15(19)10-6-13)18(4-2)14-7-11-16(20)12-8-14;7-11(8,9)10-6-4-2-1-3-5-6/h5-12,19-20H,3-4H2,1-2H3;1-5H,(H2,7,8,9)/p-1/b18-17+;. The fraction of sp³-hybridized carbons (Fsp3) is 0.167. The van der Waals surface area contributed by atoms with E-state index in [2.05, 4.69) is 18.4 Å². The number of phenols is 2. The number of para-hydroxylation sites is 1. The SMILES string of the molecule is CC/C(=C(/CC)c1ccc(O)cc1)c1ccc(O)cc1.O=P([O-])(O)Oc1ccccc1. The Labute approximate surface area is 182 Å². The minimum atomic E-state index is -4.64. The quantitative estimate of drug-likeness (QED) is 0.351. The van der Waals surface area contributed by atoms with Gasteiger partial charge in [-0.1, -0.05) is 56.3 Å². The van der Waals surface area contributed by atoms with E-state index in [0.717, 1.165) is 24.0 Å². The summed E-state index contributed by atoms with van der Waals surface area (Å²) in [6, 6.07) is 22.4. The molecule has 1 atom stereocenters. The molecule has 0 fully saturated rings. The van der Waals surface area contributed by atoms with Gasteiger partial charge in [-0.3, -0.25) is 4.57 Å². The molecule has 1 unspecified atom stereocenters. The van der Waals surface area contributed by atoms with Gasteiger partial charge in [-0.25, -0.2) is 0 Å². The van der Waals surface area contributed by atoms with Gasteiger partial charge in [-0.15, -0.1) is 0 Å². The second kappa shape index (κ2) is 11.4. The van der Waals surface area contributed by atoms with Crippen molar-refractivity contribution in [3.63, 3.8) is 0 Å². The molecule has 3 N–H and O–H groups in total. The van der Waals surface area contributed by atoms with Gasteiger partial charge in [0, 0.05) is 0 Å². The Kier molecular flexibility index (Phi) is 8.88. The minimum absolute atomic E-state index is 0.105. The van der Waals surface area contributed by atoms with Crippen LogP contribution in [-0.2, 0) is 4.57 Å². The predicted molar refractivity (Wildman–Crippen MR) is 121 cm³/mol. The van der Waals surface area contributed by atoms with Gasteiger partial charge < -0.3 is 24.5 Å². The van der Waals surface area contributed by atoms with E-state index in [-0.39, 0.29) is 17.2 Å². The number of hydrogen-bond acceptors (Lipinski definition) is 5. The summed E-state index contributed by atoms with van der Waals surface area (Å²) >= 11 is 0. The Morgan fingerprint density at radius 3 is 1.48 bits per heavy atom. The zero-order valence-electron chi connectivity index (χ0n) is 17.4. The molecule has 3 rings (SSSR count). The summed E-state index contributed by atoms with van der Waals surface area (Å²) in [4.78, 5) is 18.4. The van der Waals surface area contributed by atoms with E-state index in [4.69, 9.17) is 4.89 Å². The smallest absolute Gasteiger partial charge is 0.317 e. The molecule has 0 aliphatic rings. The van der Waals surface area contributed by atoms with Crippen LogP contribution in [0.15, 0.2) is 78.9 Å². The number of phosphoric ester groups is 1. The van der Waals surface area contributed by atoms with Crippen LogP contribution in [0.25, 0.3) is 11.1 Å². The van der Waals surface area contributed by atoms with Crippen LogP contribution in [0, 0.1) is 0 Å². The molecular weight excluding hydrogens is 415 g/mol. The van der Waals surface area contributed by atoms with Crippen molar-refractivity contribution in [2.24, 2.45) is 0 Å². The van der Waals surface area contributed by atoms with Gasteiger partial charge in [0.25, 0.3) is 0 Å². The van der Waals surface area contributed by atoms with Crippen molar-refractivity contribution in [3.8, 4) is 17.2 Å². The Balaban J connectivity index is 0.000000262. The lowest BCUT2D eigenvalue weighted by molar-refractivity contribution is -0.211. The molecule has 0 bridgehead atoms. The summed E-state index contributed by atoms with van der Waals surface area (Å²) in [5.74, 6) is 0.673. The van der Waals surface area contributed by atoms with Crippen LogP contribution in [0.2, 0.25) is 0 Å². The molecule has 0 heterocycles. The van der Waals surface area contributed by atoms with Crippen LogP contribution in [0.5, 0.6) is 17.2 Å². The van der Waals surface area contributed by atoms with Gasteiger partial charge >= 0.3 is 7.82 Å². The molecule has 0 spiro atoms. The Hall–Kier alpha value is -3.05. The summed E-state index contributed by atoms with van der Waals surface area (Å²) in [5.41, 5.74) is 4.82. The molecule has 0 aromatic heterocycles. The molecule has 7 heteroatoms. The van der Waals surface area contributed by atoms with Gasteiger partial charge in [-0.05, 0) is 71.5 Å². The van der Waals surface area contributed by atoms with Crippen molar-refractivity contribution in [2.45, 2.75) is 26.7 Å². The normalized spacial score (nSPS) is 13.3. The number of rotatable bonds is 6. The summed E-state index contributed by atoms with van der Waals surface area (Å²) in [6.07, 6.45) is 1.85. The van der Waals surface area contributed by atoms with Gasteiger partial charge in [0.1, 0.15) is 17.2 Å². The summed E-state index contributed by atoms with van der Waals surface area (Å²) in [5, 5.41) is 18.8. The summed E-state index contributed by atoms with van der Waals surface area (Å²) in [7, 11) is -4.64. The lowest BCUT2D eigenvalue weighted by Crippen LogP contribution is -2.05. The summed E-state index contributed by atoms with van der Waals surface area (Å²) in [6.45, 7) is 4.27. The zero-order chi connectivity index (χ0) is 22.9. The highest BCUT2D eigenvalue weighted by molar-refractivity contribution is 7.45. The maximum absolute atomic E-state index is 10.2. The second-order valence-corrected chi connectivity index (χ2v) is 7.75. The molecule has 3 aromatic carbocycles. The van der Waals surface area contributed by atoms with Gasteiger partial charge in [0.05, 0.1) is 0 Å². The maximum Gasteiger partial charge on any atom is 0.317 e. The van der Waals surface area contributed by atoms with Crippen LogP contribution in [0.1, 0.15) is 37.8 Å². The number of hydrogen-bond donors (Lipinski definition) is 3. The number of benzene rings is 3. The molecule has 0 saturated heterocycles. The Morgan fingerprint density at radius 1 is 0.774 bits per heavy atom. The molecule has 0 aliphatic carbocycles. The molecular formula is C24H26O6P-. The fourth-order valence-electron chi connectivity index (χ4n) is 3.12. The first-order chi connectivity index (χ1) is 14.7. The second-order valence-electron chi connectivity index (χ2n) is 6.63. The molecule has 0 amide bonds. The number of phenolic OH excluding ortho intramolecular Hbond substituents is 2. The average Bonchev–Trinajstić information content (AvgIpc) is 2.74. The Morgan fingerprint density at radius 2 is 1.16 bits per heavy atom. The van der Waals surface area contributed by atoms with Crippen molar-refractivity contribution >= 4 is 19.0 Å². The van der Waals surface area contributed by atoms with Crippen LogP contribution in [0.4, 0.5) is 0 Å². The van der Waals surface area contributed by atoms with Crippen molar-refractivity contribution in [1.82, 2.24) is 0 Å². The fourth-order valence-corrected chi connectivity index (χ4v) is 3.51. The number of phosphoric acid groups is 1. The molecule has 6 nitrogen and oxygen atoms in total. The number of allylic oxidation sites excluding steroid dienone is 2. The Bertz CT molecular complexity index is 966. The van der Waals surface area contributed by atoms with E-state index in [1.807, 2.05) is 24.3 Å². The highest BCUT2D eigenvalue weighted by Crippen LogP contribution is 2.33. The third-order valence-corrected chi connectivity index (χ3v) is 4.91. The molecule has 0 aliphatic heterocycles. The van der Waals surface area contributed by atoms with Crippen molar-refractivity contribution in [1.29, 1.82) is 0 Å². The molecule has 0 saturated carbocycles. The molecule has 0 radical (unpaired) electrons. The van der Waals surface area contributed by atoms with Crippen molar-refractivity contribution in [3.05, 3.63) is 90.0 Å². The molecule has 31 heavy (non-hydrogen) atoms. The lowest BCUT2D eigenvalue weighted by Gasteiger charge is -2.15. The minimum Gasteiger partial charge on any atom is -0.746 e. The zero-order valence-corrected chi connectivity index (χ0v) is 18.3. The first-order valence-corrected chi connectivity index (χ1v) is 11.3. The van der Waals surface area contributed by atoms with E-state index in [1.54, 1.807) is 42.5 Å². The topological polar surface area (TPSA) is 110 Å². The highest BCUT2D eigenvalue weighted by Gasteiger charge is 2.09. The van der Waals surface area contributed by atoms with E-state index in [0.29, 0.717) is 0 Å². The molecule has 164 valence electrons. The van der Waals surface area contributed by atoms with Gasteiger partial charge in [0.2, 0.25) is 0 Å².